The van der Waals surface area contributed by atoms with Crippen LogP contribution in [0.2, 0.25) is 5.02 Å². The second-order valence-electron chi connectivity index (χ2n) is 6.51. The second kappa shape index (κ2) is 7.02. The van der Waals surface area contributed by atoms with Crippen LogP contribution in [0, 0.1) is 0 Å². The first-order valence-corrected chi connectivity index (χ1v) is 8.88. The molecule has 3 aromatic rings. The minimum absolute atomic E-state index is 0.120. The van der Waals surface area contributed by atoms with E-state index in [4.69, 9.17) is 16.3 Å². The van der Waals surface area contributed by atoms with Gasteiger partial charge in [-0.3, -0.25) is 4.90 Å². The number of aromatic nitrogens is 2. The Morgan fingerprint density at radius 2 is 2.08 bits per heavy atom. The molecule has 1 unspecified atom stereocenters. The molecule has 0 spiro atoms. The lowest BCUT2D eigenvalue weighted by Gasteiger charge is -2.32. The fourth-order valence-corrected chi connectivity index (χ4v) is 3.73. The molecular formula is C20H20ClN3O2. The molecule has 2 N–H and O–H groups in total. The third-order valence-electron chi connectivity index (χ3n) is 4.87. The highest BCUT2D eigenvalue weighted by molar-refractivity contribution is 6.32. The summed E-state index contributed by atoms with van der Waals surface area (Å²) in [6.45, 7) is 2.27. The van der Waals surface area contributed by atoms with Crippen molar-refractivity contribution >= 4 is 11.6 Å². The summed E-state index contributed by atoms with van der Waals surface area (Å²) in [4.78, 5) is 10.1. The van der Waals surface area contributed by atoms with E-state index in [-0.39, 0.29) is 11.7 Å². The minimum Gasteiger partial charge on any atom is -0.506 e. The molecule has 0 bridgehead atoms. The number of hydrogen-bond donors (Lipinski definition) is 2. The molecule has 0 radical (unpaired) electrons. The van der Waals surface area contributed by atoms with Crippen molar-refractivity contribution in [1.82, 2.24) is 14.9 Å². The maximum absolute atomic E-state index is 9.86. The lowest BCUT2D eigenvalue weighted by atomic mass is 9.90. The highest BCUT2D eigenvalue weighted by atomic mass is 35.5. The van der Waals surface area contributed by atoms with Crippen LogP contribution >= 0.6 is 11.6 Å². The van der Waals surface area contributed by atoms with Crippen LogP contribution < -0.4 is 4.74 Å². The summed E-state index contributed by atoms with van der Waals surface area (Å²) < 4.78 is 5.26. The van der Waals surface area contributed by atoms with Crippen LogP contribution in [0.15, 0.2) is 48.8 Å². The molecule has 1 aromatic heterocycles. The summed E-state index contributed by atoms with van der Waals surface area (Å²) in [6.07, 6.45) is 1.76. The number of aromatic amines is 1. The van der Waals surface area contributed by atoms with Gasteiger partial charge in [0, 0.05) is 25.6 Å². The highest BCUT2D eigenvalue weighted by Crippen LogP contribution is 2.34. The Kier molecular flexibility index (Phi) is 4.57. The summed E-state index contributed by atoms with van der Waals surface area (Å²) in [5.74, 6) is 1.14. The Bertz CT molecular complexity index is 908. The van der Waals surface area contributed by atoms with Gasteiger partial charge < -0.3 is 14.8 Å². The summed E-state index contributed by atoms with van der Waals surface area (Å²) in [7, 11) is 1.67. The number of aromatic hydroxyl groups is 1. The molecule has 26 heavy (non-hydrogen) atoms. The number of benzene rings is 2. The number of H-pyrrole nitrogens is 1. The Labute approximate surface area is 157 Å². The SMILES string of the molecule is COc1ccc(C2CN(Cc3cccc(O)c3Cl)Cc3[nH]cnc32)cc1. The monoisotopic (exact) mass is 369 g/mol. The number of nitrogens with one attached hydrogen (secondary N) is 1. The number of fused-ring (bicyclic) bond motifs is 1. The third-order valence-corrected chi connectivity index (χ3v) is 5.31. The van der Waals surface area contributed by atoms with Gasteiger partial charge in [0.05, 0.1) is 29.8 Å². The van der Waals surface area contributed by atoms with E-state index < -0.39 is 0 Å². The number of hydrogen-bond acceptors (Lipinski definition) is 4. The number of halogens is 1. The van der Waals surface area contributed by atoms with E-state index in [0.717, 1.165) is 35.8 Å². The molecule has 1 aliphatic heterocycles. The first-order chi connectivity index (χ1) is 12.7. The maximum atomic E-state index is 9.86. The first kappa shape index (κ1) is 16.9. The standard InChI is InChI=1S/C20H20ClN3O2/c1-26-15-7-5-13(6-8-15)16-10-24(11-17-20(16)23-12-22-17)9-14-3-2-4-18(25)19(14)21/h2-8,12,16,25H,9-11H2,1H3,(H,22,23). The Morgan fingerprint density at radius 3 is 2.85 bits per heavy atom. The van der Waals surface area contributed by atoms with Crippen molar-refractivity contribution in [2.75, 3.05) is 13.7 Å². The zero-order chi connectivity index (χ0) is 18.1. The fraction of sp³-hybridized carbons (Fsp3) is 0.250. The molecular weight excluding hydrogens is 350 g/mol. The molecule has 2 aromatic carbocycles. The number of ether oxygens (including phenoxy) is 1. The van der Waals surface area contributed by atoms with Gasteiger partial charge in [0.15, 0.2) is 0 Å². The van der Waals surface area contributed by atoms with Crippen LogP contribution in [0.3, 0.4) is 0 Å². The largest absolute Gasteiger partial charge is 0.506 e. The summed E-state index contributed by atoms with van der Waals surface area (Å²) in [5, 5.41) is 10.3. The maximum Gasteiger partial charge on any atom is 0.134 e. The normalized spacial score (nSPS) is 17.1. The van der Waals surface area contributed by atoms with E-state index in [9.17, 15) is 5.11 Å². The predicted molar refractivity (Wildman–Crippen MR) is 101 cm³/mol. The average molecular weight is 370 g/mol. The smallest absolute Gasteiger partial charge is 0.134 e. The van der Waals surface area contributed by atoms with Crippen molar-refractivity contribution in [2.24, 2.45) is 0 Å². The molecule has 6 heteroatoms. The van der Waals surface area contributed by atoms with Crippen molar-refractivity contribution in [2.45, 2.75) is 19.0 Å². The fourth-order valence-electron chi connectivity index (χ4n) is 3.54. The number of phenolic OH excluding ortho intramolecular Hbond substituents is 1. The second-order valence-corrected chi connectivity index (χ2v) is 6.89. The third kappa shape index (κ3) is 3.16. The molecule has 0 saturated carbocycles. The zero-order valence-electron chi connectivity index (χ0n) is 14.4. The topological polar surface area (TPSA) is 61.4 Å². The van der Waals surface area contributed by atoms with Crippen molar-refractivity contribution in [3.05, 3.63) is 76.3 Å². The van der Waals surface area contributed by atoms with Crippen LogP contribution in [0.4, 0.5) is 0 Å². The van der Waals surface area contributed by atoms with Crippen molar-refractivity contribution in [1.29, 1.82) is 0 Å². The number of imidazole rings is 1. The summed E-state index contributed by atoms with van der Waals surface area (Å²) in [6, 6.07) is 13.5. The number of phenols is 1. The lowest BCUT2D eigenvalue weighted by Crippen LogP contribution is -2.34. The molecule has 4 rings (SSSR count). The molecule has 134 valence electrons. The van der Waals surface area contributed by atoms with Gasteiger partial charge >= 0.3 is 0 Å². The Morgan fingerprint density at radius 1 is 1.27 bits per heavy atom. The molecule has 2 heterocycles. The molecule has 1 atom stereocenters. The molecule has 0 fully saturated rings. The quantitative estimate of drug-likeness (QED) is 0.731. The van der Waals surface area contributed by atoms with Gasteiger partial charge in [-0.25, -0.2) is 4.98 Å². The zero-order valence-corrected chi connectivity index (χ0v) is 15.2. The van der Waals surface area contributed by atoms with Crippen LogP contribution in [0.5, 0.6) is 11.5 Å². The van der Waals surface area contributed by atoms with E-state index in [1.807, 2.05) is 24.3 Å². The van der Waals surface area contributed by atoms with Crippen LogP contribution in [0.25, 0.3) is 0 Å². The minimum atomic E-state index is 0.120. The number of rotatable bonds is 4. The van der Waals surface area contributed by atoms with E-state index in [1.165, 1.54) is 5.56 Å². The van der Waals surface area contributed by atoms with Gasteiger partial charge in [-0.05, 0) is 29.3 Å². The van der Waals surface area contributed by atoms with E-state index in [0.29, 0.717) is 11.6 Å². The van der Waals surface area contributed by atoms with Crippen molar-refractivity contribution < 1.29 is 9.84 Å². The molecule has 5 nitrogen and oxygen atoms in total. The van der Waals surface area contributed by atoms with Crippen LogP contribution in [-0.2, 0) is 13.1 Å². The molecule has 1 aliphatic rings. The van der Waals surface area contributed by atoms with Gasteiger partial charge in [0.2, 0.25) is 0 Å². The van der Waals surface area contributed by atoms with Gasteiger partial charge in [0.1, 0.15) is 11.5 Å². The van der Waals surface area contributed by atoms with Crippen LogP contribution in [0.1, 0.15) is 28.4 Å². The average Bonchev–Trinajstić information content (AvgIpc) is 3.13. The summed E-state index contributed by atoms with van der Waals surface area (Å²) >= 11 is 6.27. The van der Waals surface area contributed by atoms with E-state index in [1.54, 1.807) is 19.5 Å². The molecule has 0 saturated heterocycles. The predicted octanol–water partition coefficient (Wildman–Crippen LogP) is 3.93. The van der Waals surface area contributed by atoms with Crippen LogP contribution in [-0.4, -0.2) is 33.6 Å². The van der Waals surface area contributed by atoms with Gasteiger partial charge in [-0.1, -0.05) is 35.9 Å². The van der Waals surface area contributed by atoms with Gasteiger partial charge in [-0.2, -0.15) is 0 Å². The van der Waals surface area contributed by atoms with Gasteiger partial charge in [-0.15, -0.1) is 0 Å². The van der Waals surface area contributed by atoms with Crippen molar-refractivity contribution in [3.8, 4) is 11.5 Å². The Hall–Kier alpha value is -2.50. The first-order valence-electron chi connectivity index (χ1n) is 8.50. The number of methoxy groups -OCH3 is 1. The van der Waals surface area contributed by atoms with Gasteiger partial charge in [0.25, 0.3) is 0 Å². The summed E-state index contributed by atoms with van der Waals surface area (Å²) in [5.41, 5.74) is 4.33. The highest BCUT2D eigenvalue weighted by Gasteiger charge is 2.29. The molecule has 0 aliphatic carbocycles. The van der Waals surface area contributed by atoms with Crippen molar-refractivity contribution in [3.63, 3.8) is 0 Å². The molecule has 0 amide bonds. The van der Waals surface area contributed by atoms with E-state index >= 15 is 0 Å². The van der Waals surface area contributed by atoms with E-state index in [2.05, 4.69) is 27.0 Å². The lowest BCUT2D eigenvalue weighted by molar-refractivity contribution is 0.227. The Balaban J connectivity index is 1.62. The number of nitrogens with zero attached hydrogens (tertiary/aromatic N) is 2.